The van der Waals surface area contributed by atoms with Gasteiger partial charge in [-0.3, -0.25) is 9.59 Å². The Morgan fingerprint density at radius 1 is 1.14 bits per heavy atom. The van der Waals surface area contributed by atoms with Gasteiger partial charge in [0.05, 0.1) is 27.4 Å². The van der Waals surface area contributed by atoms with Gasteiger partial charge in [-0.15, -0.1) is 0 Å². The lowest BCUT2D eigenvalue weighted by Gasteiger charge is -2.25. The van der Waals surface area contributed by atoms with Gasteiger partial charge in [0.15, 0.2) is 11.5 Å². The molecule has 0 aliphatic carbocycles. The predicted octanol–water partition coefficient (Wildman–Crippen LogP) is 2.39. The lowest BCUT2D eigenvalue weighted by Crippen LogP contribution is -2.33. The number of benzene rings is 1. The molecule has 2 aromatic rings. The molecule has 2 heterocycles. The van der Waals surface area contributed by atoms with Crippen molar-refractivity contribution in [1.82, 2.24) is 14.9 Å². The van der Waals surface area contributed by atoms with Crippen molar-refractivity contribution in [3.05, 3.63) is 45.1 Å². The first-order valence-electron chi connectivity index (χ1n) is 9.09. The summed E-state index contributed by atoms with van der Waals surface area (Å²) >= 11 is 0. The summed E-state index contributed by atoms with van der Waals surface area (Å²) in [6.07, 6.45) is 1.57. The molecule has 3 rings (SSSR count). The molecular formula is C20H25N3O5. The van der Waals surface area contributed by atoms with Crippen molar-refractivity contribution in [3.63, 3.8) is 0 Å². The third-order valence-electron chi connectivity index (χ3n) is 5.15. The zero-order chi connectivity index (χ0) is 20.4. The molecular weight excluding hydrogens is 362 g/mol. The molecule has 1 saturated heterocycles. The van der Waals surface area contributed by atoms with Gasteiger partial charge in [0.25, 0.3) is 11.5 Å². The van der Waals surface area contributed by atoms with Crippen LogP contribution in [-0.2, 0) is 0 Å². The number of carbonyl (C=O) groups is 1. The van der Waals surface area contributed by atoms with Crippen LogP contribution in [0.5, 0.6) is 17.2 Å². The number of amides is 1. The van der Waals surface area contributed by atoms with Crippen molar-refractivity contribution in [1.29, 1.82) is 0 Å². The first kappa shape index (κ1) is 19.7. The average molecular weight is 387 g/mol. The van der Waals surface area contributed by atoms with Crippen LogP contribution in [0.25, 0.3) is 0 Å². The Morgan fingerprint density at radius 3 is 2.32 bits per heavy atom. The number of H-pyrrole nitrogens is 1. The molecule has 1 amide bonds. The SMILES string of the molecule is COc1cc(C(=O)N2CCC[C@H]2c2nc(C)c(C)c(=O)[nH]2)cc(OC)c1OC. The van der Waals surface area contributed by atoms with Crippen molar-refractivity contribution >= 4 is 5.91 Å². The summed E-state index contributed by atoms with van der Waals surface area (Å²) in [5.41, 5.74) is 1.51. The van der Waals surface area contributed by atoms with E-state index in [1.54, 1.807) is 30.9 Å². The molecule has 1 aliphatic heterocycles. The zero-order valence-electron chi connectivity index (χ0n) is 16.8. The second-order valence-electron chi connectivity index (χ2n) is 6.73. The summed E-state index contributed by atoms with van der Waals surface area (Å²) in [7, 11) is 4.53. The number of methoxy groups -OCH3 is 3. The molecule has 28 heavy (non-hydrogen) atoms. The maximum Gasteiger partial charge on any atom is 0.254 e. The van der Waals surface area contributed by atoms with Gasteiger partial charge in [-0.2, -0.15) is 0 Å². The van der Waals surface area contributed by atoms with Gasteiger partial charge in [0.2, 0.25) is 5.75 Å². The van der Waals surface area contributed by atoms with E-state index in [4.69, 9.17) is 14.2 Å². The first-order valence-corrected chi connectivity index (χ1v) is 9.09. The Bertz CT molecular complexity index is 928. The molecule has 150 valence electrons. The number of hydrogen-bond acceptors (Lipinski definition) is 6. The highest BCUT2D eigenvalue weighted by molar-refractivity contribution is 5.96. The zero-order valence-corrected chi connectivity index (χ0v) is 16.8. The van der Waals surface area contributed by atoms with E-state index in [0.29, 0.717) is 46.4 Å². The smallest absolute Gasteiger partial charge is 0.254 e. The minimum Gasteiger partial charge on any atom is -0.493 e. The summed E-state index contributed by atoms with van der Waals surface area (Å²) in [5, 5.41) is 0. The molecule has 0 unspecified atom stereocenters. The molecule has 0 bridgehead atoms. The molecule has 0 radical (unpaired) electrons. The Hall–Kier alpha value is -3.03. The fraction of sp³-hybridized carbons (Fsp3) is 0.450. The third kappa shape index (κ3) is 3.42. The van der Waals surface area contributed by atoms with E-state index in [0.717, 1.165) is 12.8 Å². The van der Waals surface area contributed by atoms with E-state index in [9.17, 15) is 9.59 Å². The highest BCUT2D eigenvalue weighted by atomic mass is 16.5. The number of hydrogen-bond donors (Lipinski definition) is 1. The van der Waals surface area contributed by atoms with Crippen LogP contribution in [0.3, 0.4) is 0 Å². The largest absolute Gasteiger partial charge is 0.493 e. The summed E-state index contributed by atoms with van der Waals surface area (Å²) in [6.45, 7) is 4.11. The Labute approximate surface area is 163 Å². The maximum absolute atomic E-state index is 13.3. The Morgan fingerprint density at radius 2 is 1.79 bits per heavy atom. The summed E-state index contributed by atoms with van der Waals surface area (Å²) in [5.74, 6) is 1.60. The fourth-order valence-electron chi connectivity index (χ4n) is 3.49. The summed E-state index contributed by atoms with van der Waals surface area (Å²) in [6, 6.07) is 2.99. The van der Waals surface area contributed by atoms with Crippen molar-refractivity contribution in [2.45, 2.75) is 32.7 Å². The van der Waals surface area contributed by atoms with E-state index in [1.165, 1.54) is 21.3 Å². The van der Waals surface area contributed by atoms with E-state index in [2.05, 4.69) is 9.97 Å². The number of aryl methyl sites for hydroxylation is 1. The predicted molar refractivity (Wildman–Crippen MR) is 103 cm³/mol. The minimum absolute atomic E-state index is 0.172. The van der Waals surface area contributed by atoms with Crippen molar-refractivity contribution in [2.75, 3.05) is 27.9 Å². The monoisotopic (exact) mass is 387 g/mol. The summed E-state index contributed by atoms with van der Waals surface area (Å²) < 4.78 is 16.0. The van der Waals surface area contributed by atoms with E-state index in [1.807, 2.05) is 0 Å². The second kappa shape index (κ2) is 7.92. The number of aromatic amines is 1. The normalized spacial score (nSPS) is 16.2. The molecule has 0 saturated carbocycles. The lowest BCUT2D eigenvalue weighted by atomic mass is 10.1. The quantitative estimate of drug-likeness (QED) is 0.847. The van der Waals surface area contributed by atoms with Crippen LogP contribution in [0.15, 0.2) is 16.9 Å². The van der Waals surface area contributed by atoms with Crippen LogP contribution < -0.4 is 19.8 Å². The molecule has 0 spiro atoms. The van der Waals surface area contributed by atoms with Gasteiger partial charge >= 0.3 is 0 Å². The second-order valence-corrected chi connectivity index (χ2v) is 6.73. The topological polar surface area (TPSA) is 93.8 Å². The van der Waals surface area contributed by atoms with Crippen LogP contribution in [0, 0.1) is 13.8 Å². The molecule has 1 fully saturated rings. The van der Waals surface area contributed by atoms with Gasteiger partial charge in [-0.05, 0) is 38.8 Å². The van der Waals surface area contributed by atoms with Crippen LogP contribution >= 0.6 is 0 Å². The number of likely N-dealkylation sites (tertiary alicyclic amines) is 1. The summed E-state index contributed by atoms with van der Waals surface area (Å²) in [4.78, 5) is 34.5. The van der Waals surface area contributed by atoms with E-state index >= 15 is 0 Å². The Kier molecular flexibility index (Phi) is 5.58. The van der Waals surface area contributed by atoms with Crippen molar-refractivity contribution in [2.24, 2.45) is 0 Å². The van der Waals surface area contributed by atoms with E-state index in [-0.39, 0.29) is 17.5 Å². The highest BCUT2D eigenvalue weighted by Crippen LogP contribution is 2.39. The molecule has 8 nitrogen and oxygen atoms in total. The molecule has 1 N–H and O–H groups in total. The van der Waals surface area contributed by atoms with Gasteiger partial charge in [-0.1, -0.05) is 0 Å². The standard InChI is InChI=1S/C20H25N3O5/c1-11-12(2)21-18(22-19(11)24)14-7-6-8-23(14)20(25)13-9-15(26-3)17(28-5)16(10-13)27-4/h9-10,14H,6-8H2,1-5H3,(H,21,22,24)/t14-/m0/s1. The van der Waals surface area contributed by atoms with E-state index < -0.39 is 0 Å². The number of ether oxygens (including phenoxy) is 3. The first-order chi connectivity index (χ1) is 13.4. The molecule has 1 aromatic heterocycles. The lowest BCUT2D eigenvalue weighted by molar-refractivity contribution is 0.0728. The molecule has 1 atom stereocenters. The highest BCUT2D eigenvalue weighted by Gasteiger charge is 2.33. The van der Waals surface area contributed by atoms with Crippen LogP contribution in [0.1, 0.15) is 46.3 Å². The minimum atomic E-state index is -0.279. The van der Waals surface area contributed by atoms with Gasteiger partial charge in [0, 0.05) is 23.4 Å². The van der Waals surface area contributed by atoms with Gasteiger partial charge in [-0.25, -0.2) is 4.98 Å². The van der Waals surface area contributed by atoms with Crippen LogP contribution in [0.2, 0.25) is 0 Å². The molecule has 8 heteroatoms. The number of nitrogens with one attached hydrogen (secondary N) is 1. The van der Waals surface area contributed by atoms with Crippen LogP contribution in [-0.4, -0.2) is 48.6 Å². The van der Waals surface area contributed by atoms with Gasteiger partial charge in [0.1, 0.15) is 5.82 Å². The number of nitrogens with zero attached hydrogens (tertiary/aromatic N) is 2. The Balaban J connectivity index is 1.99. The van der Waals surface area contributed by atoms with Gasteiger partial charge < -0.3 is 24.1 Å². The molecule has 1 aliphatic rings. The van der Waals surface area contributed by atoms with Crippen LogP contribution in [0.4, 0.5) is 0 Å². The third-order valence-corrected chi connectivity index (χ3v) is 5.15. The maximum atomic E-state index is 13.3. The number of aromatic nitrogens is 2. The van der Waals surface area contributed by atoms with Crippen molar-refractivity contribution < 1.29 is 19.0 Å². The van der Waals surface area contributed by atoms with Crippen molar-refractivity contribution in [3.8, 4) is 17.2 Å². The molecule has 1 aromatic carbocycles. The fourth-order valence-corrected chi connectivity index (χ4v) is 3.49. The number of carbonyl (C=O) groups excluding carboxylic acids is 1. The number of rotatable bonds is 5. The average Bonchev–Trinajstić information content (AvgIpc) is 3.19.